The molecule has 0 aliphatic carbocycles. The van der Waals surface area contributed by atoms with E-state index in [1.807, 2.05) is 0 Å². The van der Waals surface area contributed by atoms with Crippen LogP contribution in [0.2, 0.25) is 10.0 Å². The number of hydrogen-bond acceptors (Lipinski definition) is 4. The van der Waals surface area contributed by atoms with Crippen LogP contribution < -0.4 is 15.4 Å². The van der Waals surface area contributed by atoms with Crippen LogP contribution in [0.15, 0.2) is 41.0 Å². The van der Waals surface area contributed by atoms with Crippen LogP contribution in [-0.2, 0) is 11.3 Å². The first-order valence-electron chi connectivity index (χ1n) is 6.68. The third kappa shape index (κ3) is 5.42. The molecule has 0 fully saturated rings. The van der Waals surface area contributed by atoms with E-state index >= 15 is 0 Å². The first kappa shape index (κ1) is 17.6. The Labute approximate surface area is 148 Å². The minimum absolute atomic E-state index is 0.184. The largest absolute Gasteiger partial charge is 0.479 e. The van der Waals surface area contributed by atoms with E-state index in [1.54, 1.807) is 43.5 Å². The van der Waals surface area contributed by atoms with E-state index in [4.69, 9.17) is 44.6 Å². The van der Waals surface area contributed by atoms with Crippen LogP contribution in [0.25, 0.3) is 0 Å². The molecular formula is C15H14Cl2N2O3S. The van der Waals surface area contributed by atoms with Crippen LogP contribution in [0, 0.1) is 0 Å². The Morgan fingerprint density at radius 2 is 2.17 bits per heavy atom. The average Bonchev–Trinajstić information content (AvgIpc) is 3.01. The summed E-state index contributed by atoms with van der Waals surface area (Å²) in [6.07, 6.45) is 0.779. The Morgan fingerprint density at radius 1 is 1.39 bits per heavy atom. The van der Waals surface area contributed by atoms with E-state index in [1.165, 1.54) is 0 Å². The second-order valence-electron chi connectivity index (χ2n) is 4.59. The van der Waals surface area contributed by atoms with Crippen LogP contribution >= 0.6 is 35.4 Å². The number of furan rings is 1. The number of benzene rings is 1. The van der Waals surface area contributed by atoms with Gasteiger partial charge in [-0.3, -0.25) is 10.1 Å². The minimum atomic E-state index is -0.781. The molecule has 1 atom stereocenters. The van der Waals surface area contributed by atoms with Gasteiger partial charge in [-0.25, -0.2) is 0 Å². The second kappa shape index (κ2) is 8.19. The zero-order chi connectivity index (χ0) is 16.8. The number of rotatable bonds is 5. The number of halogens is 2. The molecule has 23 heavy (non-hydrogen) atoms. The van der Waals surface area contributed by atoms with E-state index in [-0.39, 0.29) is 5.11 Å². The third-order valence-corrected chi connectivity index (χ3v) is 3.58. The lowest BCUT2D eigenvalue weighted by atomic mass is 10.3. The molecule has 0 aliphatic rings. The van der Waals surface area contributed by atoms with Crippen LogP contribution in [0.1, 0.15) is 12.7 Å². The average molecular weight is 373 g/mol. The van der Waals surface area contributed by atoms with Crippen molar-refractivity contribution in [2.75, 3.05) is 0 Å². The summed E-state index contributed by atoms with van der Waals surface area (Å²) >= 11 is 16.9. The predicted molar refractivity (Wildman–Crippen MR) is 92.8 cm³/mol. The Kier molecular flexibility index (Phi) is 6.27. The molecule has 0 saturated carbocycles. The molecule has 0 radical (unpaired) electrons. The molecule has 122 valence electrons. The topological polar surface area (TPSA) is 63.5 Å². The van der Waals surface area contributed by atoms with Gasteiger partial charge in [0.2, 0.25) is 0 Å². The lowest BCUT2D eigenvalue weighted by molar-refractivity contribution is -0.125. The molecule has 8 heteroatoms. The van der Waals surface area contributed by atoms with Gasteiger partial charge in [0.25, 0.3) is 5.91 Å². The van der Waals surface area contributed by atoms with Crippen molar-refractivity contribution in [3.8, 4) is 5.75 Å². The maximum absolute atomic E-state index is 12.0. The van der Waals surface area contributed by atoms with Crippen molar-refractivity contribution in [1.82, 2.24) is 10.6 Å². The number of ether oxygens (including phenoxy) is 1. The molecule has 1 amide bonds. The van der Waals surface area contributed by atoms with Gasteiger partial charge in [-0.05, 0) is 49.5 Å². The van der Waals surface area contributed by atoms with Gasteiger partial charge in [-0.1, -0.05) is 23.2 Å². The highest BCUT2D eigenvalue weighted by Gasteiger charge is 2.17. The first-order valence-corrected chi connectivity index (χ1v) is 7.85. The lowest BCUT2D eigenvalue weighted by Gasteiger charge is -2.16. The van der Waals surface area contributed by atoms with Gasteiger partial charge in [-0.15, -0.1) is 0 Å². The summed E-state index contributed by atoms with van der Waals surface area (Å²) in [6, 6.07) is 8.33. The van der Waals surface area contributed by atoms with Crippen LogP contribution in [0.5, 0.6) is 5.75 Å². The fourth-order valence-corrected chi connectivity index (χ4v) is 2.28. The van der Waals surface area contributed by atoms with E-state index in [9.17, 15) is 4.79 Å². The molecule has 5 nitrogen and oxygen atoms in total. The second-order valence-corrected chi connectivity index (χ2v) is 5.84. The Hall–Kier alpha value is -1.76. The quantitative estimate of drug-likeness (QED) is 0.785. The van der Waals surface area contributed by atoms with Crippen molar-refractivity contribution in [3.05, 3.63) is 52.4 Å². The summed E-state index contributed by atoms with van der Waals surface area (Å²) in [5, 5.41) is 6.40. The summed E-state index contributed by atoms with van der Waals surface area (Å²) in [6.45, 7) is 1.97. The number of hydrogen-bond donors (Lipinski definition) is 2. The van der Waals surface area contributed by atoms with Gasteiger partial charge in [0.15, 0.2) is 11.2 Å². The molecule has 1 aromatic heterocycles. The van der Waals surface area contributed by atoms with Gasteiger partial charge >= 0.3 is 0 Å². The van der Waals surface area contributed by atoms with Gasteiger partial charge in [-0.2, -0.15) is 0 Å². The Balaban J connectivity index is 1.83. The molecular weight excluding hydrogens is 359 g/mol. The summed E-state index contributed by atoms with van der Waals surface area (Å²) in [5.74, 6) is 0.681. The number of nitrogens with one attached hydrogen (secondary N) is 2. The van der Waals surface area contributed by atoms with E-state index in [0.29, 0.717) is 28.1 Å². The van der Waals surface area contributed by atoms with Crippen molar-refractivity contribution in [1.29, 1.82) is 0 Å². The van der Waals surface area contributed by atoms with E-state index in [0.717, 1.165) is 0 Å². The summed E-state index contributed by atoms with van der Waals surface area (Å²) in [4.78, 5) is 12.0. The first-order chi connectivity index (χ1) is 11.0. The fourth-order valence-electron chi connectivity index (χ4n) is 1.65. The normalized spacial score (nSPS) is 11.6. The maximum atomic E-state index is 12.0. The molecule has 0 saturated heterocycles. The monoisotopic (exact) mass is 372 g/mol. The number of carbonyl (C=O) groups is 1. The molecule has 1 heterocycles. The molecule has 1 aromatic carbocycles. The van der Waals surface area contributed by atoms with Gasteiger partial charge < -0.3 is 14.5 Å². The summed E-state index contributed by atoms with van der Waals surface area (Å²) < 4.78 is 10.7. The highest BCUT2D eigenvalue weighted by Crippen LogP contribution is 2.28. The van der Waals surface area contributed by atoms with Crippen molar-refractivity contribution < 1.29 is 13.9 Å². The maximum Gasteiger partial charge on any atom is 0.266 e. The minimum Gasteiger partial charge on any atom is -0.479 e. The van der Waals surface area contributed by atoms with Crippen LogP contribution in [-0.4, -0.2) is 17.1 Å². The highest BCUT2D eigenvalue weighted by atomic mass is 35.5. The number of amides is 1. The predicted octanol–water partition coefficient (Wildman–Crippen LogP) is 3.54. The Bertz CT molecular complexity index is 692. The smallest absolute Gasteiger partial charge is 0.266 e. The summed E-state index contributed by atoms with van der Waals surface area (Å²) in [7, 11) is 0. The van der Waals surface area contributed by atoms with Crippen LogP contribution in [0.4, 0.5) is 0 Å². The molecule has 0 bridgehead atoms. The third-order valence-electron chi connectivity index (χ3n) is 2.81. The zero-order valence-electron chi connectivity index (χ0n) is 12.1. The van der Waals surface area contributed by atoms with Crippen molar-refractivity contribution in [2.45, 2.75) is 19.6 Å². The van der Waals surface area contributed by atoms with Gasteiger partial charge in [0, 0.05) is 5.02 Å². The molecule has 0 unspecified atom stereocenters. The molecule has 2 N–H and O–H groups in total. The van der Waals surface area contributed by atoms with E-state index < -0.39 is 12.0 Å². The molecule has 0 spiro atoms. The van der Waals surface area contributed by atoms with Gasteiger partial charge in [0.1, 0.15) is 11.5 Å². The van der Waals surface area contributed by atoms with Crippen molar-refractivity contribution >= 4 is 46.4 Å². The van der Waals surface area contributed by atoms with Gasteiger partial charge in [0.05, 0.1) is 17.8 Å². The lowest BCUT2D eigenvalue weighted by Crippen LogP contribution is -2.44. The van der Waals surface area contributed by atoms with E-state index in [2.05, 4.69) is 10.6 Å². The number of carbonyl (C=O) groups excluding carboxylic acids is 1. The molecule has 2 rings (SSSR count). The standard InChI is InChI=1S/C15H14Cl2N2O3S/c1-9(22-13-5-4-10(16)7-12(13)17)14(20)19-15(23)18-8-11-3-2-6-21-11/h2-7,9H,8H2,1H3,(H2,18,19,20,23)/t9-/m0/s1. The zero-order valence-corrected chi connectivity index (χ0v) is 14.5. The van der Waals surface area contributed by atoms with Crippen molar-refractivity contribution in [3.63, 3.8) is 0 Å². The Morgan fingerprint density at radius 3 is 2.83 bits per heavy atom. The van der Waals surface area contributed by atoms with Crippen molar-refractivity contribution in [2.24, 2.45) is 0 Å². The molecule has 0 aliphatic heterocycles. The fraction of sp³-hybridized carbons (Fsp3) is 0.200. The highest BCUT2D eigenvalue weighted by molar-refractivity contribution is 7.80. The SMILES string of the molecule is C[C@H](Oc1ccc(Cl)cc1Cl)C(=O)NC(=S)NCc1ccco1. The molecule has 2 aromatic rings. The van der Waals surface area contributed by atoms with Crippen LogP contribution in [0.3, 0.4) is 0 Å². The summed E-state index contributed by atoms with van der Waals surface area (Å²) in [5.41, 5.74) is 0. The number of thiocarbonyl (C=S) groups is 1.